The lowest BCUT2D eigenvalue weighted by molar-refractivity contribution is -0.212. The molecule has 7 heteroatoms. The standard InChI is InChI=1S/C26H31NO6/c1-5-32-22(28)17-25(3)23(29)27(18-20-12-14-21(31-4)15-13-20)26(25,24(30)33-6-2)16-19-10-8-7-9-11-19/h7-15H,5-6,16-18H2,1-4H3/t25-,26+/m0/s1. The fourth-order valence-electron chi connectivity index (χ4n) is 4.58. The van der Waals surface area contributed by atoms with Crippen molar-refractivity contribution < 1.29 is 28.6 Å². The van der Waals surface area contributed by atoms with Gasteiger partial charge in [-0.25, -0.2) is 4.79 Å². The van der Waals surface area contributed by atoms with E-state index in [1.807, 2.05) is 42.5 Å². The van der Waals surface area contributed by atoms with E-state index in [1.54, 1.807) is 44.9 Å². The number of rotatable bonds is 10. The zero-order valence-electron chi connectivity index (χ0n) is 19.6. The first-order chi connectivity index (χ1) is 15.8. The minimum Gasteiger partial charge on any atom is -0.497 e. The third-order valence-electron chi connectivity index (χ3n) is 6.31. The molecule has 0 bridgehead atoms. The Morgan fingerprint density at radius 3 is 2.12 bits per heavy atom. The number of methoxy groups -OCH3 is 1. The first-order valence-electron chi connectivity index (χ1n) is 11.1. The average molecular weight is 454 g/mol. The fraction of sp³-hybridized carbons (Fsp3) is 0.423. The summed E-state index contributed by atoms with van der Waals surface area (Å²) in [4.78, 5) is 41.2. The van der Waals surface area contributed by atoms with Crippen LogP contribution in [0.3, 0.4) is 0 Å². The monoisotopic (exact) mass is 453 g/mol. The van der Waals surface area contributed by atoms with Gasteiger partial charge in [0, 0.05) is 13.0 Å². The van der Waals surface area contributed by atoms with Crippen molar-refractivity contribution in [2.45, 2.75) is 45.7 Å². The fourth-order valence-corrected chi connectivity index (χ4v) is 4.58. The number of esters is 2. The van der Waals surface area contributed by atoms with E-state index in [0.29, 0.717) is 5.75 Å². The molecule has 1 heterocycles. The van der Waals surface area contributed by atoms with Crippen LogP contribution in [0.5, 0.6) is 5.75 Å². The van der Waals surface area contributed by atoms with Crippen molar-refractivity contribution in [2.24, 2.45) is 5.41 Å². The maximum absolute atomic E-state index is 13.6. The zero-order chi connectivity index (χ0) is 24.1. The number of carbonyl (C=O) groups is 3. The zero-order valence-corrected chi connectivity index (χ0v) is 19.6. The molecule has 7 nitrogen and oxygen atoms in total. The molecule has 0 N–H and O–H groups in total. The van der Waals surface area contributed by atoms with Gasteiger partial charge in [-0.1, -0.05) is 42.5 Å². The number of hydrogen-bond acceptors (Lipinski definition) is 6. The molecule has 0 aromatic heterocycles. The van der Waals surface area contributed by atoms with Gasteiger partial charge in [-0.3, -0.25) is 9.59 Å². The highest BCUT2D eigenvalue weighted by Gasteiger charge is 2.73. The second-order valence-electron chi connectivity index (χ2n) is 8.30. The minimum atomic E-state index is -1.35. The van der Waals surface area contributed by atoms with Crippen molar-refractivity contribution in [3.63, 3.8) is 0 Å². The van der Waals surface area contributed by atoms with E-state index in [-0.39, 0.29) is 38.5 Å². The van der Waals surface area contributed by atoms with E-state index in [1.165, 1.54) is 0 Å². The molecular weight excluding hydrogens is 422 g/mol. The average Bonchev–Trinajstić information content (AvgIpc) is 2.82. The normalized spacial score (nSPS) is 21.8. The lowest BCUT2D eigenvalue weighted by Crippen LogP contribution is -2.81. The second-order valence-corrected chi connectivity index (χ2v) is 8.30. The van der Waals surface area contributed by atoms with E-state index < -0.39 is 22.9 Å². The van der Waals surface area contributed by atoms with Crippen LogP contribution in [0.2, 0.25) is 0 Å². The van der Waals surface area contributed by atoms with Crippen molar-refractivity contribution in [1.82, 2.24) is 4.90 Å². The molecule has 0 aliphatic carbocycles. The molecule has 1 aliphatic heterocycles. The summed E-state index contributed by atoms with van der Waals surface area (Å²) in [7, 11) is 1.58. The van der Waals surface area contributed by atoms with Gasteiger partial charge in [0.2, 0.25) is 5.91 Å². The van der Waals surface area contributed by atoms with Crippen LogP contribution in [0.1, 0.15) is 38.3 Å². The number of β-lactam (4-membered cyclic amide) rings is 1. The van der Waals surface area contributed by atoms with Gasteiger partial charge in [0.1, 0.15) is 5.75 Å². The number of amides is 1. The molecule has 1 aliphatic rings. The molecule has 2 atom stereocenters. The van der Waals surface area contributed by atoms with Crippen molar-refractivity contribution in [3.05, 3.63) is 65.7 Å². The Balaban J connectivity index is 2.07. The van der Waals surface area contributed by atoms with E-state index in [2.05, 4.69) is 0 Å². The SMILES string of the molecule is CCOC(=O)C[C@@]1(C)C(=O)N(Cc2ccc(OC)cc2)[C@]1(Cc1ccccc1)C(=O)OCC. The smallest absolute Gasteiger partial charge is 0.333 e. The predicted molar refractivity (Wildman–Crippen MR) is 122 cm³/mol. The molecule has 33 heavy (non-hydrogen) atoms. The Bertz CT molecular complexity index is 990. The maximum Gasteiger partial charge on any atom is 0.333 e. The first-order valence-corrected chi connectivity index (χ1v) is 11.1. The summed E-state index contributed by atoms with van der Waals surface area (Å²) in [5.74, 6) is -0.620. The van der Waals surface area contributed by atoms with E-state index in [9.17, 15) is 14.4 Å². The Morgan fingerprint density at radius 2 is 1.55 bits per heavy atom. The number of benzene rings is 2. The molecule has 0 radical (unpaired) electrons. The summed E-state index contributed by atoms with van der Waals surface area (Å²) in [5.41, 5.74) is -0.945. The summed E-state index contributed by atoms with van der Waals surface area (Å²) < 4.78 is 15.9. The van der Waals surface area contributed by atoms with Gasteiger partial charge in [0.15, 0.2) is 5.54 Å². The van der Waals surface area contributed by atoms with Crippen LogP contribution in [-0.4, -0.2) is 48.6 Å². The van der Waals surface area contributed by atoms with E-state index in [4.69, 9.17) is 14.2 Å². The van der Waals surface area contributed by atoms with Crippen LogP contribution >= 0.6 is 0 Å². The Morgan fingerprint density at radius 1 is 0.909 bits per heavy atom. The van der Waals surface area contributed by atoms with Gasteiger partial charge in [-0.2, -0.15) is 0 Å². The lowest BCUT2D eigenvalue weighted by atomic mass is 9.56. The largest absolute Gasteiger partial charge is 0.497 e. The Hall–Kier alpha value is -3.35. The van der Waals surface area contributed by atoms with Crippen LogP contribution in [0, 0.1) is 5.41 Å². The van der Waals surface area contributed by atoms with Gasteiger partial charge in [0.25, 0.3) is 0 Å². The number of hydrogen-bond donors (Lipinski definition) is 0. The van der Waals surface area contributed by atoms with Crippen molar-refractivity contribution in [3.8, 4) is 5.75 Å². The lowest BCUT2D eigenvalue weighted by Gasteiger charge is -2.61. The van der Waals surface area contributed by atoms with Crippen LogP contribution < -0.4 is 4.74 Å². The summed E-state index contributed by atoms with van der Waals surface area (Å²) in [6.45, 7) is 5.66. The third kappa shape index (κ3) is 4.45. The first kappa shape index (κ1) is 24.3. The van der Waals surface area contributed by atoms with Crippen molar-refractivity contribution in [2.75, 3.05) is 20.3 Å². The number of carbonyl (C=O) groups excluding carboxylic acids is 3. The number of likely N-dealkylation sites (tertiary alicyclic amines) is 1. The second kappa shape index (κ2) is 10.1. The van der Waals surface area contributed by atoms with Crippen molar-refractivity contribution >= 4 is 17.8 Å². The molecule has 0 saturated carbocycles. The van der Waals surface area contributed by atoms with E-state index in [0.717, 1.165) is 11.1 Å². The molecular formula is C26H31NO6. The maximum atomic E-state index is 13.6. The molecule has 176 valence electrons. The highest BCUT2D eigenvalue weighted by atomic mass is 16.5. The molecule has 1 fully saturated rings. The Kier molecular flexibility index (Phi) is 7.41. The Labute approximate surface area is 194 Å². The van der Waals surface area contributed by atoms with Crippen molar-refractivity contribution in [1.29, 1.82) is 0 Å². The van der Waals surface area contributed by atoms with Gasteiger partial charge in [0.05, 0.1) is 32.2 Å². The summed E-state index contributed by atoms with van der Waals surface area (Å²) in [6.07, 6.45) is 0.0227. The highest BCUT2D eigenvalue weighted by molar-refractivity contribution is 6.06. The molecule has 0 spiro atoms. The number of ether oxygens (including phenoxy) is 3. The summed E-state index contributed by atoms with van der Waals surface area (Å²) in [5, 5.41) is 0. The molecule has 2 aromatic carbocycles. The highest BCUT2D eigenvalue weighted by Crippen LogP contribution is 2.54. The molecule has 1 amide bonds. The molecule has 1 saturated heterocycles. The quantitative estimate of drug-likeness (QED) is 0.404. The van der Waals surface area contributed by atoms with Gasteiger partial charge < -0.3 is 19.1 Å². The molecule has 3 rings (SSSR count). The van der Waals surface area contributed by atoms with Crippen LogP contribution in [0.4, 0.5) is 0 Å². The minimum absolute atomic E-state index is 0.162. The van der Waals surface area contributed by atoms with Gasteiger partial charge in [-0.15, -0.1) is 0 Å². The summed E-state index contributed by atoms with van der Waals surface area (Å²) >= 11 is 0. The van der Waals surface area contributed by atoms with Gasteiger partial charge in [-0.05, 0) is 44.0 Å². The van der Waals surface area contributed by atoms with Crippen LogP contribution in [0.25, 0.3) is 0 Å². The number of nitrogens with zero attached hydrogens (tertiary/aromatic N) is 1. The van der Waals surface area contributed by atoms with Crippen LogP contribution in [-0.2, 0) is 36.8 Å². The molecule has 0 unspecified atom stereocenters. The predicted octanol–water partition coefficient (Wildman–Crippen LogP) is 3.54. The van der Waals surface area contributed by atoms with E-state index >= 15 is 0 Å². The van der Waals surface area contributed by atoms with Gasteiger partial charge >= 0.3 is 11.9 Å². The van der Waals surface area contributed by atoms with Crippen LogP contribution in [0.15, 0.2) is 54.6 Å². The third-order valence-corrected chi connectivity index (χ3v) is 6.31. The molecule has 2 aromatic rings. The summed E-state index contributed by atoms with van der Waals surface area (Å²) in [6, 6.07) is 16.8. The topological polar surface area (TPSA) is 82.1 Å².